The monoisotopic (exact) mass is 289 g/mol. The smallest absolute Gasteiger partial charge is 0.123 e. The summed E-state index contributed by atoms with van der Waals surface area (Å²) in [4.78, 5) is 0. The number of hydrogen-bond donors (Lipinski definition) is 1. The number of hydrogen-bond acceptors (Lipinski definition) is 2. The fourth-order valence-electron chi connectivity index (χ4n) is 2.13. The first-order chi connectivity index (χ1) is 9.56. The van der Waals surface area contributed by atoms with E-state index in [9.17, 15) is 0 Å². The fourth-order valence-corrected chi connectivity index (χ4v) is 2.32. The molecular weight excluding hydrogens is 270 g/mol. The Bertz CT molecular complexity index is 581. The lowest BCUT2D eigenvalue weighted by atomic mass is 10.0. The zero-order valence-electron chi connectivity index (χ0n) is 11.9. The third kappa shape index (κ3) is 3.99. The summed E-state index contributed by atoms with van der Waals surface area (Å²) >= 11 is 6.14. The Labute approximate surface area is 125 Å². The van der Waals surface area contributed by atoms with Gasteiger partial charge in [-0.3, -0.25) is 0 Å². The van der Waals surface area contributed by atoms with E-state index in [0.29, 0.717) is 6.61 Å². The Kier molecular flexibility index (Phi) is 5.05. The van der Waals surface area contributed by atoms with Crippen molar-refractivity contribution in [3.05, 3.63) is 64.2 Å². The van der Waals surface area contributed by atoms with Gasteiger partial charge in [0.25, 0.3) is 0 Å². The molecule has 2 aromatic carbocycles. The van der Waals surface area contributed by atoms with Crippen molar-refractivity contribution in [2.24, 2.45) is 5.73 Å². The first-order valence-corrected chi connectivity index (χ1v) is 7.15. The van der Waals surface area contributed by atoms with Crippen LogP contribution in [0.15, 0.2) is 42.5 Å². The molecule has 0 fully saturated rings. The summed E-state index contributed by atoms with van der Waals surface area (Å²) in [6.45, 7) is 4.54. The molecule has 2 nitrogen and oxygen atoms in total. The van der Waals surface area contributed by atoms with Crippen LogP contribution in [0.1, 0.15) is 23.6 Å². The number of ether oxygens (including phenoxy) is 1. The molecule has 0 heterocycles. The van der Waals surface area contributed by atoms with Crippen LogP contribution in [0, 0.1) is 6.92 Å². The molecule has 2 N–H and O–H groups in total. The minimum Gasteiger partial charge on any atom is -0.489 e. The van der Waals surface area contributed by atoms with Crippen molar-refractivity contribution >= 4 is 11.6 Å². The van der Waals surface area contributed by atoms with E-state index in [1.165, 1.54) is 5.56 Å². The van der Waals surface area contributed by atoms with Gasteiger partial charge >= 0.3 is 0 Å². The van der Waals surface area contributed by atoms with Crippen molar-refractivity contribution in [3.8, 4) is 5.75 Å². The van der Waals surface area contributed by atoms with Crippen molar-refractivity contribution in [2.75, 3.05) is 0 Å². The number of benzene rings is 2. The predicted molar refractivity (Wildman–Crippen MR) is 84.3 cm³/mol. The highest BCUT2D eigenvalue weighted by atomic mass is 35.5. The minimum atomic E-state index is 0.111. The molecule has 3 heteroatoms. The number of nitrogens with two attached hydrogens (primary N) is 1. The van der Waals surface area contributed by atoms with Crippen molar-refractivity contribution in [3.63, 3.8) is 0 Å². The van der Waals surface area contributed by atoms with Crippen LogP contribution < -0.4 is 10.5 Å². The molecule has 0 bridgehead atoms. The highest BCUT2D eigenvalue weighted by Gasteiger charge is 2.08. The first-order valence-electron chi connectivity index (χ1n) is 6.77. The van der Waals surface area contributed by atoms with Crippen LogP contribution in [0.25, 0.3) is 0 Å². The van der Waals surface area contributed by atoms with Gasteiger partial charge in [0, 0.05) is 16.6 Å². The van der Waals surface area contributed by atoms with E-state index in [0.717, 1.165) is 28.3 Å². The van der Waals surface area contributed by atoms with Gasteiger partial charge in [0.15, 0.2) is 0 Å². The number of rotatable bonds is 5. The highest BCUT2D eigenvalue weighted by molar-refractivity contribution is 6.31. The van der Waals surface area contributed by atoms with Crippen LogP contribution in [0.4, 0.5) is 0 Å². The molecule has 0 amide bonds. The molecule has 1 atom stereocenters. The van der Waals surface area contributed by atoms with E-state index < -0.39 is 0 Å². The molecule has 0 aliphatic rings. The van der Waals surface area contributed by atoms with Gasteiger partial charge < -0.3 is 10.5 Å². The highest BCUT2D eigenvalue weighted by Crippen LogP contribution is 2.24. The Hall–Kier alpha value is -1.51. The van der Waals surface area contributed by atoms with Gasteiger partial charge in [0.1, 0.15) is 12.4 Å². The molecule has 1 unspecified atom stereocenters. The van der Waals surface area contributed by atoms with Crippen LogP contribution in [-0.4, -0.2) is 6.04 Å². The standard InChI is InChI=1S/C17H20ClNO/c1-12-7-8-17(15(9-12)10-13(2)19)20-11-14-5-3-4-6-16(14)18/h3-9,13H,10-11,19H2,1-2H3. The molecule has 0 saturated carbocycles. The minimum absolute atomic E-state index is 0.111. The van der Waals surface area contributed by atoms with E-state index in [2.05, 4.69) is 13.0 Å². The molecule has 2 rings (SSSR count). The second kappa shape index (κ2) is 6.78. The van der Waals surface area contributed by atoms with Gasteiger partial charge in [-0.1, -0.05) is 47.5 Å². The van der Waals surface area contributed by atoms with Crippen molar-refractivity contribution in [1.82, 2.24) is 0 Å². The van der Waals surface area contributed by atoms with E-state index in [4.69, 9.17) is 22.1 Å². The SMILES string of the molecule is Cc1ccc(OCc2ccccc2Cl)c(CC(C)N)c1. The zero-order chi connectivity index (χ0) is 14.5. The summed E-state index contributed by atoms with van der Waals surface area (Å²) in [7, 11) is 0. The van der Waals surface area contributed by atoms with Crippen LogP contribution in [0.5, 0.6) is 5.75 Å². The Morgan fingerprint density at radius 2 is 1.90 bits per heavy atom. The third-order valence-corrected chi connectivity index (χ3v) is 3.47. The quantitative estimate of drug-likeness (QED) is 0.899. The van der Waals surface area contributed by atoms with Crippen LogP contribution in [0.3, 0.4) is 0 Å². The van der Waals surface area contributed by atoms with Gasteiger partial charge in [-0.2, -0.15) is 0 Å². The lowest BCUT2D eigenvalue weighted by Crippen LogP contribution is -2.18. The molecule has 106 valence electrons. The van der Waals surface area contributed by atoms with E-state index in [-0.39, 0.29) is 6.04 Å². The first kappa shape index (κ1) is 14.9. The van der Waals surface area contributed by atoms with E-state index >= 15 is 0 Å². The topological polar surface area (TPSA) is 35.2 Å². The van der Waals surface area contributed by atoms with Crippen molar-refractivity contribution in [2.45, 2.75) is 32.9 Å². The summed E-state index contributed by atoms with van der Waals surface area (Å²) in [6.07, 6.45) is 0.805. The average molecular weight is 290 g/mol. The lowest BCUT2D eigenvalue weighted by molar-refractivity contribution is 0.302. The molecule has 20 heavy (non-hydrogen) atoms. The van der Waals surface area contributed by atoms with Gasteiger partial charge in [-0.05, 0) is 38.0 Å². The van der Waals surface area contributed by atoms with Crippen molar-refractivity contribution in [1.29, 1.82) is 0 Å². The summed E-state index contributed by atoms with van der Waals surface area (Å²) in [6, 6.07) is 14.0. The van der Waals surface area contributed by atoms with Gasteiger partial charge in [-0.15, -0.1) is 0 Å². The van der Waals surface area contributed by atoms with E-state index in [1.807, 2.05) is 43.3 Å². The van der Waals surface area contributed by atoms with Gasteiger partial charge in [0.05, 0.1) is 0 Å². The summed E-state index contributed by atoms with van der Waals surface area (Å²) in [5.41, 5.74) is 9.24. The maximum atomic E-state index is 6.14. The normalized spacial score (nSPS) is 12.2. The average Bonchev–Trinajstić information content (AvgIpc) is 2.39. The Morgan fingerprint density at radius 1 is 1.15 bits per heavy atom. The summed E-state index contributed by atoms with van der Waals surface area (Å²) in [5, 5.41) is 0.730. The molecular formula is C17H20ClNO. The van der Waals surface area contributed by atoms with Crippen LogP contribution in [0.2, 0.25) is 5.02 Å². The maximum absolute atomic E-state index is 6.14. The zero-order valence-corrected chi connectivity index (χ0v) is 12.7. The molecule has 0 radical (unpaired) electrons. The molecule has 0 aliphatic carbocycles. The molecule has 0 spiro atoms. The number of halogens is 1. The third-order valence-electron chi connectivity index (χ3n) is 3.10. The van der Waals surface area contributed by atoms with Crippen LogP contribution >= 0.6 is 11.6 Å². The van der Waals surface area contributed by atoms with Crippen molar-refractivity contribution < 1.29 is 4.74 Å². The fraction of sp³-hybridized carbons (Fsp3) is 0.294. The van der Waals surface area contributed by atoms with Gasteiger partial charge in [0.2, 0.25) is 0 Å². The molecule has 0 saturated heterocycles. The Balaban J connectivity index is 2.15. The Morgan fingerprint density at radius 3 is 2.60 bits per heavy atom. The molecule has 2 aromatic rings. The second-order valence-corrected chi connectivity index (χ2v) is 5.58. The lowest BCUT2D eigenvalue weighted by Gasteiger charge is -2.14. The summed E-state index contributed by atoms with van der Waals surface area (Å²) < 4.78 is 5.92. The largest absolute Gasteiger partial charge is 0.489 e. The molecule has 0 aliphatic heterocycles. The van der Waals surface area contributed by atoms with E-state index in [1.54, 1.807) is 0 Å². The van der Waals surface area contributed by atoms with Crippen LogP contribution in [-0.2, 0) is 13.0 Å². The summed E-state index contributed by atoms with van der Waals surface area (Å²) in [5.74, 6) is 0.882. The maximum Gasteiger partial charge on any atom is 0.123 e. The predicted octanol–water partition coefficient (Wildman–Crippen LogP) is 4.12. The number of aryl methyl sites for hydroxylation is 1. The van der Waals surface area contributed by atoms with Gasteiger partial charge in [-0.25, -0.2) is 0 Å². The molecule has 0 aromatic heterocycles. The second-order valence-electron chi connectivity index (χ2n) is 5.17.